The summed E-state index contributed by atoms with van der Waals surface area (Å²) in [6.07, 6.45) is 7.65. The summed E-state index contributed by atoms with van der Waals surface area (Å²) in [5, 5.41) is 14.8. The van der Waals surface area contributed by atoms with Gasteiger partial charge in [0.1, 0.15) is 5.82 Å². The van der Waals surface area contributed by atoms with Gasteiger partial charge in [-0.1, -0.05) is 30.3 Å². The van der Waals surface area contributed by atoms with Gasteiger partial charge in [0.05, 0.1) is 17.4 Å². The fourth-order valence-electron chi connectivity index (χ4n) is 2.95. The number of imidazole rings is 2. The van der Waals surface area contributed by atoms with Crippen molar-refractivity contribution in [2.24, 2.45) is 0 Å². The van der Waals surface area contributed by atoms with Crippen molar-refractivity contribution >= 4 is 23.0 Å². The van der Waals surface area contributed by atoms with Gasteiger partial charge in [-0.15, -0.1) is 0 Å². The number of hydrogen-bond acceptors (Lipinski definition) is 4. The third kappa shape index (κ3) is 5.07. The van der Waals surface area contributed by atoms with Gasteiger partial charge in [0.2, 0.25) is 0 Å². The normalized spacial score (nSPS) is 10.3. The molecule has 2 aromatic heterocycles. The van der Waals surface area contributed by atoms with Crippen LogP contribution in [0.3, 0.4) is 0 Å². The molecule has 0 aliphatic rings. The second-order valence-corrected chi connectivity index (χ2v) is 6.20. The average molecular weight is 392 g/mol. The van der Waals surface area contributed by atoms with Gasteiger partial charge in [-0.05, 0) is 30.7 Å². The van der Waals surface area contributed by atoms with Crippen LogP contribution in [0.15, 0.2) is 73.3 Å². The molecular weight excluding hydrogens is 372 g/mol. The third-order valence-corrected chi connectivity index (χ3v) is 4.20. The van der Waals surface area contributed by atoms with Crippen molar-refractivity contribution < 1.29 is 19.8 Å². The summed E-state index contributed by atoms with van der Waals surface area (Å²) in [7, 11) is 0. The molecule has 0 amide bonds. The minimum atomic E-state index is -1.82. The summed E-state index contributed by atoms with van der Waals surface area (Å²) in [6.45, 7) is 0.956. The molecule has 0 aliphatic carbocycles. The molecule has 0 atom stereocenters. The predicted molar refractivity (Wildman–Crippen MR) is 107 cm³/mol. The number of benzene rings is 2. The van der Waals surface area contributed by atoms with Crippen molar-refractivity contribution in [1.82, 2.24) is 19.1 Å². The van der Waals surface area contributed by atoms with Gasteiger partial charge < -0.3 is 14.8 Å². The number of carboxylic acids is 2. The highest BCUT2D eigenvalue weighted by atomic mass is 16.4. The Bertz CT molecular complexity index is 1080. The van der Waals surface area contributed by atoms with Crippen molar-refractivity contribution in [2.45, 2.75) is 19.4 Å². The number of rotatable bonds is 5. The number of nitrogens with zero attached hydrogens (tertiary/aromatic N) is 4. The number of carboxylic acid groups (broad SMARTS) is 2. The zero-order chi connectivity index (χ0) is 20.6. The van der Waals surface area contributed by atoms with Gasteiger partial charge in [0, 0.05) is 31.0 Å². The van der Waals surface area contributed by atoms with E-state index in [9.17, 15) is 0 Å². The van der Waals surface area contributed by atoms with Crippen LogP contribution in [0.25, 0.3) is 16.7 Å². The van der Waals surface area contributed by atoms with Gasteiger partial charge in [-0.25, -0.2) is 19.6 Å². The fourth-order valence-corrected chi connectivity index (χ4v) is 2.95. The Hall–Kier alpha value is -3.94. The van der Waals surface area contributed by atoms with E-state index < -0.39 is 11.9 Å². The van der Waals surface area contributed by atoms with Crippen LogP contribution >= 0.6 is 0 Å². The number of aromatic nitrogens is 4. The van der Waals surface area contributed by atoms with E-state index in [1.54, 1.807) is 0 Å². The quantitative estimate of drug-likeness (QED) is 0.505. The van der Waals surface area contributed by atoms with Crippen LogP contribution in [0, 0.1) is 0 Å². The maximum absolute atomic E-state index is 9.10. The van der Waals surface area contributed by atoms with E-state index >= 15 is 0 Å². The van der Waals surface area contributed by atoms with Crippen LogP contribution in [0.1, 0.15) is 12.2 Å². The highest BCUT2D eigenvalue weighted by Crippen LogP contribution is 2.22. The summed E-state index contributed by atoms with van der Waals surface area (Å²) < 4.78 is 4.37. The van der Waals surface area contributed by atoms with Gasteiger partial charge >= 0.3 is 11.9 Å². The molecule has 0 radical (unpaired) electrons. The lowest BCUT2D eigenvalue weighted by Crippen LogP contribution is -2.09. The van der Waals surface area contributed by atoms with Crippen molar-refractivity contribution in [3.63, 3.8) is 0 Å². The van der Waals surface area contributed by atoms with Crippen LogP contribution in [-0.2, 0) is 22.6 Å². The Labute approximate surface area is 166 Å². The fraction of sp³-hybridized carbons (Fsp3) is 0.143. The minimum Gasteiger partial charge on any atom is -0.473 e. The SMILES string of the molecule is O=C(O)C(=O)O.c1ccc(-n2c(CCCn3ccnc3)nc3ccccc32)cc1. The largest absolute Gasteiger partial charge is 0.473 e. The van der Waals surface area contributed by atoms with Gasteiger partial charge in [-0.2, -0.15) is 0 Å². The van der Waals surface area contributed by atoms with E-state index in [0.717, 1.165) is 36.2 Å². The number of aliphatic carboxylic acids is 2. The Balaban J connectivity index is 0.000000353. The zero-order valence-electron chi connectivity index (χ0n) is 15.5. The molecule has 0 saturated carbocycles. The summed E-state index contributed by atoms with van der Waals surface area (Å²) in [5.74, 6) is -2.54. The van der Waals surface area contributed by atoms with E-state index in [0.29, 0.717) is 0 Å². The monoisotopic (exact) mass is 392 g/mol. The number of hydrogen-bond donors (Lipinski definition) is 2. The number of aryl methyl sites for hydroxylation is 2. The molecular formula is C21H20N4O4. The third-order valence-electron chi connectivity index (χ3n) is 4.20. The van der Waals surface area contributed by atoms with Gasteiger partial charge in [-0.3, -0.25) is 4.57 Å². The Morgan fingerprint density at radius 2 is 1.62 bits per heavy atom. The van der Waals surface area contributed by atoms with Gasteiger partial charge in [0.25, 0.3) is 0 Å². The van der Waals surface area contributed by atoms with E-state index in [-0.39, 0.29) is 0 Å². The number of carbonyl (C=O) groups is 2. The first-order chi connectivity index (χ1) is 14.1. The van der Waals surface area contributed by atoms with Crippen LogP contribution < -0.4 is 0 Å². The molecule has 2 aromatic carbocycles. The molecule has 0 bridgehead atoms. The Kier molecular flexibility index (Phi) is 6.36. The summed E-state index contributed by atoms with van der Waals surface area (Å²) in [6, 6.07) is 18.8. The summed E-state index contributed by atoms with van der Waals surface area (Å²) in [5.41, 5.74) is 3.38. The molecule has 0 spiro atoms. The standard InChI is InChI=1S/C19H18N4.C2H2O4/c1-2-7-16(8-3-1)23-18-10-5-4-9-17(18)21-19(23)11-6-13-22-14-12-20-15-22;3-1(4)2(5)6/h1-5,7-10,12,14-15H,6,11,13H2;(H,3,4)(H,5,6). The van der Waals surface area contributed by atoms with E-state index in [4.69, 9.17) is 24.8 Å². The lowest BCUT2D eigenvalue weighted by atomic mass is 10.2. The number of para-hydroxylation sites is 3. The maximum atomic E-state index is 9.10. The first-order valence-corrected chi connectivity index (χ1v) is 9.00. The molecule has 29 heavy (non-hydrogen) atoms. The smallest absolute Gasteiger partial charge is 0.414 e. The molecule has 148 valence electrons. The van der Waals surface area contributed by atoms with Crippen LogP contribution in [0.4, 0.5) is 0 Å². The lowest BCUT2D eigenvalue weighted by Gasteiger charge is -2.09. The highest BCUT2D eigenvalue weighted by molar-refractivity contribution is 6.27. The molecule has 4 aromatic rings. The molecule has 8 heteroatoms. The van der Waals surface area contributed by atoms with Crippen molar-refractivity contribution in [2.75, 3.05) is 0 Å². The van der Waals surface area contributed by atoms with Crippen molar-refractivity contribution in [3.8, 4) is 5.69 Å². The minimum absolute atomic E-state index is 0.932. The Morgan fingerprint density at radius 3 is 2.28 bits per heavy atom. The van der Waals surface area contributed by atoms with Crippen LogP contribution in [-0.4, -0.2) is 41.3 Å². The van der Waals surface area contributed by atoms with E-state index in [1.165, 1.54) is 5.69 Å². The topological polar surface area (TPSA) is 110 Å². The molecule has 0 unspecified atom stereocenters. The van der Waals surface area contributed by atoms with Crippen molar-refractivity contribution in [1.29, 1.82) is 0 Å². The van der Waals surface area contributed by atoms with Crippen molar-refractivity contribution in [3.05, 3.63) is 79.1 Å². The molecule has 0 aliphatic heterocycles. The van der Waals surface area contributed by atoms with Gasteiger partial charge in [0.15, 0.2) is 0 Å². The van der Waals surface area contributed by atoms with E-state index in [1.807, 2.05) is 30.9 Å². The first kappa shape index (κ1) is 19.8. The van der Waals surface area contributed by atoms with Crippen LogP contribution in [0.5, 0.6) is 0 Å². The predicted octanol–water partition coefficient (Wildman–Crippen LogP) is 3.01. The molecule has 2 N–H and O–H groups in total. The molecule has 2 heterocycles. The highest BCUT2D eigenvalue weighted by Gasteiger charge is 2.11. The van der Waals surface area contributed by atoms with E-state index in [2.05, 4.69) is 56.6 Å². The maximum Gasteiger partial charge on any atom is 0.414 e. The average Bonchev–Trinajstić information content (AvgIpc) is 3.36. The zero-order valence-corrected chi connectivity index (χ0v) is 15.5. The molecule has 0 saturated heterocycles. The second-order valence-electron chi connectivity index (χ2n) is 6.20. The Morgan fingerprint density at radius 1 is 0.931 bits per heavy atom. The second kappa shape index (κ2) is 9.32. The summed E-state index contributed by atoms with van der Waals surface area (Å²) >= 11 is 0. The molecule has 4 rings (SSSR count). The first-order valence-electron chi connectivity index (χ1n) is 9.00. The lowest BCUT2D eigenvalue weighted by molar-refractivity contribution is -0.159. The van der Waals surface area contributed by atoms with Crippen LogP contribution in [0.2, 0.25) is 0 Å². The number of fused-ring (bicyclic) bond motifs is 1. The molecule has 8 nitrogen and oxygen atoms in total. The summed E-state index contributed by atoms with van der Waals surface area (Å²) in [4.78, 5) is 27.1. The molecule has 0 fully saturated rings.